The zero-order valence-electron chi connectivity index (χ0n) is 20.2. The van der Waals surface area contributed by atoms with Crippen molar-refractivity contribution < 1.29 is 18.0 Å². The Morgan fingerprint density at radius 2 is 1.83 bits per heavy atom. The fourth-order valence-corrected chi connectivity index (χ4v) is 4.95. The molecule has 2 aromatic rings. The van der Waals surface area contributed by atoms with Crippen LogP contribution in [0, 0.1) is 0 Å². The van der Waals surface area contributed by atoms with Gasteiger partial charge in [0.2, 0.25) is 21.8 Å². The maximum atomic E-state index is 13.2. The third kappa shape index (κ3) is 7.82. The molecule has 0 radical (unpaired) electrons. The monoisotopic (exact) mass is 536 g/mol. The highest BCUT2D eigenvalue weighted by molar-refractivity contribution is 7.92. The Kier molecular flexibility index (Phi) is 9.55. The molecule has 12 heteroatoms. The second kappa shape index (κ2) is 12.4. The lowest BCUT2D eigenvalue weighted by atomic mass is 10.0. The van der Waals surface area contributed by atoms with Gasteiger partial charge in [0.15, 0.2) is 0 Å². The first-order valence-corrected chi connectivity index (χ1v) is 13.9. The van der Waals surface area contributed by atoms with E-state index < -0.39 is 22.1 Å². The normalized spacial score (nSPS) is 16.9. The van der Waals surface area contributed by atoms with Crippen molar-refractivity contribution >= 4 is 44.8 Å². The van der Waals surface area contributed by atoms with Gasteiger partial charge in [0.1, 0.15) is 0 Å². The standard InChI is InChI=1S/C24H33ClN6O4S/c1-36(34,35)29-21-4-2-3-5-22(21)31-13-12-30(16-19(31)15-23(32)28-11-10-26)24(33)20(27)14-17-6-8-18(25)9-7-17/h2-9,19-20,29H,10-16,26-27H2,1H3,(H,28,32). The molecule has 2 unspecified atom stereocenters. The van der Waals surface area contributed by atoms with Crippen LogP contribution in [-0.4, -0.2) is 76.2 Å². The van der Waals surface area contributed by atoms with Crippen molar-refractivity contribution in [3.63, 3.8) is 0 Å². The van der Waals surface area contributed by atoms with Gasteiger partial charge >= 0.3 is 0 Å². The van der Waals surface area contributed by atoms with Crippen molar-refractivity contribution in [2.75, 3.05) is 48.6 Å². The molecule has 0 saturated carbocycles. The average molecular weight is 537 g/mol. The smallest absolute Gasteiger partial charge is 0.239 e. The number of carbonyl (C=O) groups excluding carboxylic acids is 2. The average Bonchev–Trinajstić information content (AvgIpc) is 2.83. The molecule has 1 heterocycles. The number of halogens is 1. The molecule has 3 rings (SSSR count). The molecule has 2 amide bonds. The minimum absolute atomic E-state index is 0.101. The number of piperazine rings is 1. The number of hydrogen-bond donors (Lipinski definition) is 4. The summed E-state index contributed by atoms with van der Waals surface area (Å²) in [5.41, 5.74) is 13.7. The number of nitrogens with one attached hydrogen (secondary N) is 2. The van der Waals surface area contributed by atoms with Crippen LogP contribution in [0.15, 0.2) is 48.5 Å². The van der Waals surface area contributed by atoms with Crippen molar-refractivity contribution in [2.24, 2.45) is 11.5 Å². The Balaban J connectivity index is 1.80. The van der Waals surface area contributed by atoms with Gasteiger partial charge < -0.3 is 26.6 Å². The molecule has 0 aromatic heterocycles. The highest BCUT2D eigenvalue weighted by Crippen LogP contribution is 2.31. The maximum Gasteiger partial charge on any atom is 0.239 e. The zero-order valence-corrected chi connectivity index (χ0v) is 21.8. The number of para-hydroxylation sites is 2. The van der Waals surface area contributed by atoms with Gasteiger partial charge in [-0.25, -0.2) is 8.42 Å². The summed E-state index contributed by atoms with van der Waals surface area (Å²) >= 11 is 5.94. The summed E-state index contributed by atoms with van der Waals surface area (Å²) in [7, 11) is -3.52. The molecule has 1 aliphatic heterocycles. The number of nitrogens with two attached hydrogens (primary N) is 2. The Bertz CT molecular complexity index is 1160. The van der Waals surface area contributed by atoms with Crippen molar-refractivity contribution in [1.29, 1.82) is 0 Å². The van der Waals surface area contributed by atoms with E-state index in [1.54, 1.807) is 41.3 Å². The summed E-state index contributed by atoms with van der Waals surface area (Å²) < 4.78 is 26.4. The van der Waals surface area contributed by atoms with E-state index in [0.717, 1.165) is 11.8 Å². The van der Waals surface area contributed by atoms with Crippen LogP contribution in [0.2, 0.25) is 5.02 Å². The summed E-state index contributed by atoms with van der Waals surface area (Å²) in [5, 5.41) is 3.38. The van der Waals surface area contributed by atoms with Gasteiger partial charge in [-0.3, -0.25) is 14.3 Å². The molecule has 0 bridgehead atoms. The largest absolute Gasteiger partial charge is 0.363 e. The third-order valence-corrected chi connectivity index (χ3v) is 6.72. The van der Waals surface area contributed by atoms with Gasteiger partial charge in [-0.15, -0.1) is 0 Å². The van der Waals surface area contributed by atoms with Crippen LogP contribution in [0.4, 0.5) is 11.4 Å². The lowest BCUT2D eigenvalue weighted by molar-refractivity contribution is -0.134. The molecule has 10 nitrogen and oxygen atoms in total. The van der Waals surface area contributed by atoms with Crippen molar-refractivity contribution in [3.05, 3.63) is 59.1 Å². The summed E-state index contributed by atoms with van der Waals surface area (Å²) in [6.07, 6.45) is 1.54. The molecule has 6 N–H and O–H groups in total. The summed E-state index contributed by atoms with van der Waals surface area (Å²) in [6, 6.07) is 13.0. The van der Waals surface area contributed by atoms with Crippen LogP contribution < -0.4 is 26.4 Å². The molecular formula is C24H33ClN6O4S. The summed E-state index contributed by atoms with van der Waals surface area (Å²) in [6.45, 7) is 1.69. The number of hydrogen-bond acceptors (Lipinski definition) is 7. The fraction of sp³-hybridized carbons (Fsp3) is 0.417. The van der Waals surface area contributed by atoms with E-state index in [1.165, 1.54) is 0 Å². The molecule has 0 aliphatic carbocycles. The molecule has 1 saturated heterocycles. The van der Waals surface area contributed by atoms with E-state index in [2.05, 4.69) is 10.0 Å². The maximum absolute atomic E-state index is 13.2. The molecule has 0 spiro atoms. The van der Waals surface area contributed by atoms with E-state index in [4.69, 9.17) is 23.1 Å². The number of benzene rings is 2. The number of sulfonamides is 1. The lowest BCUT2D eigenvalue weighted by Gasteiger charge is -2.43. The number of anilines is 2. The van der Waals surface area contributed by atoms with Crippen LogP contribution in [-0.2, 0) is 26.0 Å². The number of amides is 2. The van der Waals surface area contributed by atoms with Gasteiger partial charge in [-0.05, 0) is 36.2 Å². The van der Waals surface area contributed by atoms with Crippen molar-refractivity contribution in [3.8, 4) is 0 Å². The first-order valence-electron chi connectivity index (χ1n) is 11.7. The van der Waals surface area contributed by atoms with Crippen LogP contribution in [0.1, 0.15) is 12.0 Å². The predicted molar refractivity (Wildman–Crippen MR) is 142 cm³/mol. The first kappa shape index (κ1) is 27.7. The molecule has 1 fully saturated rings. The SMILES string of the molecule is CS(=O)(=O)Nc1ccccc1N1CCN(C(=O)C(N)Cc2ccc(Cl)cc2)CC1CC(=O)NCCN. The molecule has 2 aromatic carbocycles. The quantitative estimate of drug-likeness (QED) is 0.350. The molecule has 36 heavy (non-hydrogen) atoms. The second-order valence-corrected chi connectivity index (χ2v) is 11.0. The lowest BCUT2D eigenvalue weighted by Crippen LogP contribution is -2.59. The van der Waals surface area contributed by atoms with E-state index in [1.807, 2.05) is 17.0 Å². The Morgan fingerprint density at radius 3 is 2.50 bits per heavy atom. The van der Waals surface area contributed by atoms with Gasteiger partial charge in [0.05, 0.1) is 29.7 Å². The van der Waals surface area contributed by atoms with Crippen LogP contribution >= 0.6 is 11.6 Å². The van der Waals surface area contributed by atoms with E-state index in [0.29, 0.717) is 49.0 Å². The van der Waals surface area contributed by atoms with Crippen LogP contribution in [0.25, 0.3) is 0 Å². The number of nitrogens with zero attached hydrogens (tertiary/aromatic N) is 2. The second-order valence-electron chi connectivity index (χ2n) is 8.80. The van der Waals surface area contributed by atoms with Gasteiger partial charge in [0, 0.05) is 44.2 Å². The summed E-state index contributed by atoms with van der Waals surface area (Å²) in [5.74, 6) is -0.414. The fourth-order valence-electron chi connectivity index (χ4n) is 4.25. The minimum atomic E-state index is -3.52. The molecule has 196 valence electrons. The topological polar surface area (TPSA) is 151 Å². The Hall–Kier alpha value is -2.86. The zero-order chi connectivity index (χ0) is 26.3. The van der Waals surface area contributed by atoms with Gasteiger partial charge in [-0.1, -0.05) is 35.9 Å². The molecule has 1 aliphatic rings. The van der Waals surface area contributed by atoms with E-state index >= 15 is 0 Å². The summed E-state index contributed by atoms with van der Waals surface area (Å²) in [4.78, 5) is 29.4. The number of rotatable bonds is 10. The van der Waals surface area contributed by atoms with Crippen molar-refractivity contribution in [1.82, 2.24) is 10.2 Å². The van der Waals surface area contributed by atoms with Crippen molar-refractivity contribution in [2.45, 2.75) is 24.9 Å². The Morgan fingerprint density at radius 1 is 1.14 bits per heavy atom. The minimum Gasteiger partial charge on any atom is -0.363 e. The molecular weight excluding hydrogens is 504 g/mol. The number of carbonyl (C=O) groups is 2. The highest BCUT2D eigenvalue weighted by atomic mass is 35.5. The van der Waals surface area contributed by atoms with E-state index in [-0.39, 0.29) is 24.8 Å². The van der Waals surface area contributed by atoms with Gasteiger partial charge in [0.25, 0.3) is 0 Å². The molecule has 2 atom stereocenters. The van der Waals surface area contributed by atoms with Crippen LogP contribution in [0.5, 0.6) is 0 Å². The van der Waals surface area contributed by atoms with E-state index in [9.17, 15) is 18.0 Å². The predicted octanol–water partition coefficient (Wildman–Crippen LogP) is 0.764. The highest BCUT2D eigenvalue weighted by Gasteiger charge is 2.34. The van der Waals surface area contributed by atoms with Gasteiger partial charge in [-0.2, -0.15) is 0 Å². The van der Waals surface area contributed by atoms with Crippen LogP contribution in [0.3, 0.4) is 0 Å². The Labute approximate surface area is 217 Å². The third-order valence-electron chi connectivity index (χ3n) is 5.88. The first-order chi connectivity index (χ1) is 17.1.